The Morgan fingerprint density at radius 1 is 1.19 bits per heavy atom. The molecule has 0 aliphatic rings. The van der Waals surface area contributed by atoms with Gasteiger partial charge in [-0.3, -0.25) is 20.4 Å². The molecule has 0 bridgehead atoms. The van der Waals surface area contributed by atoms with Gasteiger partial charge in [-0.1, -0.05) is 23.7 Å². The highest BCUT2D eigenvalue weighted by atomic mass is 35.5. The average Bonchev–Trinajstić information content (AvgIpc) is 3.08. The van der Waals surface area contributed by atoms with Crippen molar-refractivity contribution in [3.8, 4) is 5.75 Å². The van der Waals surface area contributed by atoms with E-state index in [9.17, 15) is 9.59 Å². The highest BCUT2D eigenvalue weighted by Gasteiger charge is 2.14. The van der Waals surface area contributed by atoms with E-state index in [2.05, 4.69) is 15.8 Å². The van der Waals surface area contributed by atoms with Crippen LogP contribution in [0.5, 0.6) is 5.75 Å². The summed E-state index contributed by atoms with van der Waals surface area (Å²) in [6.45, 7) is -0.00822. The average molecular weight is 406 g/mol. The molecule has 9 heteroatoms. The minimum absolute atomic E-state index is 0.209. The molecule has 0 fully saturated rings. The van der Waals surface area contributed by atoms with Crippen molar-refractivity contribution >= 4 is 45.0 Å². The van der Waals surface area contributed by atoms with Crippen LogP contribution in [0.4, 0.5) is 0 Å². The lowest BCUT2D eigenvalue weighted by Crippen LogP contribution is -2.43. The molecule has 2 amide bonds. The molecule has 0 radical (unpaired) electrons. The summed E-state index contributed by atoms with van der Waals surface area (Å²) >= 11 is 7.39. The SMILES string of the molecule is COc1ccc(Cl)cc1C(=O)NNC(=O)COCc1nc2ccccc2s1. The molecule has 3 aromatic rings. The number of hydrazine groups is 1. The Balaban J connectivity index is 1.47. The molecule has 0 aliphatic carbocycles. The molecule has 2 aromatic carbocycles. The minimum atomic E-state index is -0.547. The monoisotopic (exact) mass is 405 g/mol. The fourth-order valence-electron chi connectivity index (χ4n) is 2.30. The van der Waals surface area contributed by atoms with E-state index < -0.39 is 11.8 Å². The first-order valence-electron chi connectivity index (χ1n) is 7.91. The second-order valence-corrected chi connectivity index (χ2v) is 6.97. The zero-order valence-corrected chi connectivity index (χ0v) is 15.9. The highest BCUT2D eigenvalue weighted by molar-refractivity contribution is 7.18. The van der Waals surface area contributed by atoms with E-state index in [1.165, 1.54) is 24.5 Å². The second-order valence-electron chi connectivity index (χ2n) is 5.42. The van der Waals surface area contributed by atoms with Crippen LogP contribution in [-0.2, 0) is 16.1 Å². The Kier molecular flexibility index (Phi) is 6.23. The summed E-state index contributed by atoms with van der Waals surface area (Å²) in [5.74, 6) is -0.697. The number of nitrogens with zero attached hydrogens (tertiary/aromatic N) is 1. The molecule has 0 spiro atoms. The standard InChI is InChI=1S/C18H16ClN3O4S/c1-25-14-7-6-11(19)8-12(14)18(24)22-21-16(23)9-26-10-17-20-13-4-2-3-5-15(13)27-17/h2-8H,9-10H2,1H3,(H,21,23)(H,22,24). The third-order valence-electron chi connectivity index (χ3n) is 3.52. The number of thiazole rings is 1. The van der Waals surface area contributed by atoms with Crippen molar-refractivity contribution in [3.05, 3.63) is 58.1 Å². The summed E-state index contributed by atoms with van der Waals surface area (Å²) in [6, 6.07) is 12.4. The van der Waals surface area contributed by atoms with Crippen LogP contribution in [0.15, 0.2) is 42.5 Å². The van der Waals surface area contributed by atoms with Crippen molar-refractivity contribution in [2.75, 3.05) is 13.7 Å². The minimum Gasteiger partial charge on any atom is -0.496 e. The summed E-state index contributed by atoms with van der Waals surface area (Å²) in [5.41, 5.74) is 5.69. The van der Waals surface area contributed by atoms with Crippen LogP contribution in [0, 0.1) is 0 Å². The van der Waals surface area contributed by atoms with Crippen molar-refractivity contribution in [3.63, 3.8) is 0 Å². The molecule has 3 rings (SSSR count). The van der Waals surface area contributed by atoms with E-state index >= 15 is 0 Å². The molecule has 0 aliphatic heterocycles. The lowest BCUT2D eigenvalue weighted by atomic mass is 10.2. The van der Waals surface area contributed by atoms with E-state index in [1.807, 2.05) is 24.3 Å². The quantitative estimate of drug-likeness (QED) is 0.615. The number of benzene rings is 2. The normalized spacial score (nSPS) is 10.6. The number of amides is 2. The van der Waals surface area contributed by atoms with Crippen LogP contribution in [-0.4, -0.2) is 30.5 Å². The predicted octanol–water partition coefficient (Wildman–Crippen LogP) is 2.94. The van der Waals surface area contributed by atoms with Crippen LogP contribution in [0.2, 0.25) is 5.02 Å². The number of ether oxygens (including phenoxy) is 2. The van der Waals surface area contributed by atoms with Gasteiger partial charge in [-0.15, -0.1) is 11.3 Å². The van der Waals surface area contributed by atoms with E-state index in [1.54, 1.807) is 12.1 Å². The molecule has 0 saturated carbocycles. The molecule has 0 atom stereocenters. The summed E-state index contributed by atoms with van der Waals surface area (Å²) in [5, 5.41) is 1.16. The van der Waals surface area contributed by atoms with Gasteiger partial charge in [-0.2, -0.15) is 0 Å². The number of aromatic nitrogens is 1. The Bertz CT molecular complexity index is 943. The van der Waals surface area contributed by atoms with Gasteiger partial charge in [0.1, 0.15) is 17.4 Å². The Labute approximate surface area is 164 Å². The number of para-hydroxylation sites is 1. The number of rotatable bonds is 6. The first-order valence-corrected chi connectivity index (χ1v) is 9.11. The van der Waals surface area contributed by atoms with Gasteiger partial charge in [0.15, 0.2) is 0 Å². The summed E-state index contributed by atoms with van der Waals surface area (Å²) in [7, 11) is 1.44. The largest absolute Gasteiger partial charge is 0.496 e. The summed E-state index contributed by atoms with van der Waals surface area (Å²) in [6.07, 6.45) is 0. The van der Waals surface area contributed by atoms with Crippen LogP contribution in [0.3, 0.4) is 0 Å². The van der Waals surface area contributed by atoms with Gasteiger partial charge in [0, 0.05) is 5.02 Å². The van der Waals surface area contributed by atoms with E-state index in [4.69, 9.17) is 21.1 Å². The molecule has 1 heterocycles. The van der Waals surface area contributed by atoms with Gasteiger partial charge >= 0.3 is 0 Å². The second kappa shape index (κ2) is 8.81. The Morgan fingerprint density at radius 2 is 2.00 bits per heavy atom. The Morgan fingerprint density at radius 3 is 2.78 bits per heavy atom. The number of hydrogen-bond donors (Lipinski definition) is 2. The molecule has 2 N–H and O–H groups in total. The lowest BCUT2D eigenvalue weighted by molar-refractivity contribution is -0.126. The van der Waals surface area contributed by atoms with Gasteiger partial charge in [-0.25, -0.2) is 4.98 Å². The number of nitrogens with one attached hydrogen (secondary N) is 2. The molecular weight excluding hydrogens is 390 g/mol. The first-order chi connectivity index (χ1) is 13.1. The number of carbonyl (C=O) groups excluding carboxylic acids is 2. The van der Waals surface area contributed by atoms with Gasteiger partial charge < -0.3 is 9.47 Å². The zero-order valence-electron chi connectivity index (χ0n) is 14.3. The van der Waals surface area contributed by atoms with E-state index in [0.717, 1.165) is 15.2 Å². The number of hydrogen-bond acceptors (Lipinski definition) is 6. The maximum Gasteiger partial charge on any atom is 0.273 e. The molecule has 140 valence electrons. The Hall–Kier alpha value is -2.68. The number of fused-ring (bicyclic) bond motifs is 1. The molecule has 0 unspecified atom stereocenters. The third-order valence-corrected chi connectivity index (χ3v) is 4.76. The van der Waals surface area contributed by atoms with Crippen LogP contribution in [0.1, 0.15) is 15.4 Å². The van der Waals surface area contributed by atoms with Crippen LogP contribution in [0.25, 0.3) is 10.2 Å². The van der Waals surface area contributed by atoms with Crippen molar-refractivity contribution in [2.24, 2.45) is 0 Å². The molecule has 0 saturated heterocycles. The fourth-order valence-corrected chi connectivity index (χ4v) is 3.38. The molecule has 27 heavy (non-hydrogen) atoms. The fraction of sp³-hybridized carbons (Fsp3) is 0.167. The zero-order chi connectivity index (χ0) is 19.2. The summed E-state index contributed by atoms with van der Waals surface area (Å²) < 4.78 is 11.5. The third kappa shape index (κ3) is 4.94. The van der Waals surface area contributed by atoms with Crippen LogP contribution < -0.4 is 15.6 Å². The van der Waals surface area contributed by atoms with E-state index in [-0.39, 0.29) is 18.8 Å². The molecule has 1 aromatic heterocycles. The smallest absolute Gasteiger partial charge is 0.273 e. The highest BCUT2D eigenvalue weighted by Crippen LogP contribution is 2.23. The van der Waals surface area contributed by atoms with Gasteiger partial charge in [0.05, 0.1) is 29.5 Å². The van der Waals surface area contributed by atoms with Crippen LogP contribution >= 0.6 is 22.9 Å². The number of carbonyl (C=O) groups is 2. The van der Waals surface area contributed by atoms with Gasteiger partial charge in [0.2, 0.25) is 0 Å². The van der Waals surface area contributed by atoms with E-state index in [0.29, 0.717) is 10.8 Å². The first kappa shape index (κ1) is 19.1. The van der Waals surface area contributed by atoms with Gasteiger partial charge in [0.25, 0.3) is 11.8 Å². The van der Waals surface area contributed by atoms with Crippen molar-refractivity contribution in [1.82, 2.24) is 15.8 Å². The number of methoxy groups -OCH3 is 1. The lowest BCUT2D eigenvalue weighted by Gasteiger charge is -2.10. The topological polar surface area (TPSA) is 89.6 Å². The maximum absolute atomic E-state index is 12.2. The van der Waals surface area contributed by atoms with Crippen molar-refractivity contribution < 1.29 is 19.1 Å². The predicted molar refractivity (Wildman–Crippen MR) is 103 cm³/mol. The molecule has 7 nitrogen and oxygen atoms in total. The maximum atomic E-state index is 12.2. The van der Waals surface area contributed by atoms with Crippen molar-refractivity contribution in [2.45, 2.75) is 6.61 Å². The van der Waals surface area contributed by atoms with Crippen molar-refractivity contribution in [1.29, 1.82) is 0 Å². The van der Waals surface area contributed by atoms with Gasteiger partial charge in [-0.05, 0) is 30.3 Å². The molecular formula is C18H16ClN3O4S. The summed E-state index contributed by atoms with van der Waals surface area (Å²) in [4.78, 5) is 28.4. The number of halogens is 1.